The molecule has 2 N–H and O–H groups in total. The monoisotopic (exact) mass is 130 g/mol. The summed E-state index contributed by atoms with van der Waals surface area (Å²) in [4.78, 5) is 10.4. The summed E-state index contributed by atoms with van der Waals surface area (Å²) in [5.74, 6) is -0.295. The molecular weight excluding hydrogens is 120 g/mol. The molecule has 3 nitrogen and oxygen atoms in total. The number of carbonyl (C=O) groups excluding carboxylic acids is 1. The van der Waals surface area contributed by atoms with Crippen molar-refractivity contribution in [1.82, 2.24) is 0 Å². The minimum Gasteiger partial charge on any atom is -0.393 e. The molecular formula is C6H10O3. The van der Waals surface area contributed by atoms with Crippen molar-refractivity contribution in [3.63, 3.8) is 0 Å². The third kappa shape index (κ3) is 2.39. The topological polar surface area (TPSA) is 57.5 Å². The summed E-state index contributed by atoms with van der Waals surface area (Å²) in [5.41, 5.74) is 0.0532. The molecule has 0 fully saturated rings. The van der Waals surface area contributed by atoms with Crippen LogP contribution in [0, 0.1) is 0 Å². The minimum atomic E-state index is -1.09. The summed E-state index contributed by atoms with van der Waals surface area (Å²) in [6.45, 7) is 4.11. The molecule has 0 aliphatic heterocycles. The van der Waals surface area contributed by atoms with E-state index in [1.165, 1.54) is 6.92 Å². The SMILES string of the molecule is C=C(C(C)=O)C(O)CO. The smallest absolute Gasteiger partial charge is 0.157 e. The van der Waals surface area contributed by atoms with E-state index in [2.05, 4.69) is 6.58 Å². The van der Waals surface area contributed by atoms with Gasteiger partial charge in [-0.1, -0.05) is 6.58 Å². The number of hydrogen-bond donors (Lipinski definition) is 2. The van der Waals surface area contributed by atoms with Gasteiger partial charge in [0.15, 0.2) is 5.78 Å². The van der Waals surface area contributed by atoms with Gasteiger partial charge in [-0.05, 0) is 6.92 Å². The molecule has 0 aromatic rings. The Bertz CT molecular complexity index is 128. The zero-order valence-electron chi connectivity index (χ0n) is 5.29. The summed E-state index contributed by atoms with van der Waals surface area (Å²) in [5, 5.41) is 17.0. The van der Waals surface area contributed by atoms with E-state index in [9.17, 15) is 4.79 Å². The lowest BCUT2D eigenvalue weighted by Crippen LogP contribution is -2.18. The summed E-state index contributed by atoms with van der Waals surface area (Å²) in [6.07, 6.45) is -1.09. The first-order valence-electron chi connectivity index (χ1n) is 2.58. The Balaban J connectivity index is 3.88. The summed E-state index contributed by atoms with van der Waals surface area (Å²) in [7, 11) is 0. The van der Waals surface area contributed by atoms with Gasteiger partial charge in [-0.2, -0.15) is 0 Å². The number of aliphatic hydroxyl groups is 2. The normalized spacial score (nSPS) is 12.8. The first kappa shape index (κ1) is 8.33. The average Bonchev–Trinajstić information content (AvgIpc) is 1.84. The van der Waals surface area contributed by atoms with Gasteiger partial charge in [0.05, 0.1) is 6.61 Å². The molecule has 0 aromatic carbocycles. The standard InChI is InChI=1S/C6H10O3/c1-4(5(2)8)6(9)3-7/h6-7,9H,1,3H2,2H3. The Labute approximate surface area is 53.6 Å². The van der Waals surface area contributed by atoms with Crippen LogP contribution in [0.15, 0.2) is 12.2 Å². The van der Waals surface area contributed by atoms with Gasteiger partial charge in [0.25, 0.3) is 0 Å². The van der Waals surface area contributed by atoms with Gasteiger partial charge in [0.2, 0.25) is 0 Å². The third-order valence-electron chi connectivity index (χ3n) is 1.03. The van der Waals surface area contributed by atoms with Gasteiger partial charge in [-0.3, -0.25) is 4.79 Å². The number of hydrogen-bond acceptors (Lipinski definition) is 3. The second kappa shape index (κ2) is 3.37. The molecule has 0 radical (unpaired) electrons. The van der Waals surface area contributed by atoms with Gasteiger partial charge in [0.1, 0.15) is 6.10 Å². The van der Waals surface area contributed by atoms with E-state index in [1.807, 2.05) is 0 Å². The fraction of sp³-hybridized carbons (Fsp3) is 0.500. The lowest BCUT2D eigenvalue weighted by Gasteiger charge is -2.05. The van der Waals surface area contributed by atoms with Crippen molar-refractivity contribution in [2.45, 2.75) is 13.0 Å². The fourth-order valence-corrected chi connectivity index (χ4v) is 0.345. The maximum atomic E-state index is 10.4. The summed E-state index contributed by atoms with van der Waals surface area (Å²) >= 11 is 0. The summed E-state index contributed by atoms with van der Waals surface area (Å²) < 4.78 is 0. The highest BCUT2D eigenvalue weighted by molar-refractivity contribution is 5.93. The maximum Gasteiger partial charge on any atom is 0.157 e. The van der Waals surface area contributed by atoms with E-state index in [1.54, 1.807) is 0 Å². The molecule has 52 valence electrons. The highest BCUT2D eigenvalue weighted by Gasteiger charge is 2.09. The van der Waals surface area contributed by atoms with E-state index in [0.29, 0.717) is 0 Å². The molecule has 0 bridgehead atoms. The first-order chi connectivity index (χ1) is 4.09. The zero-order chi connectivity index (χ0) is 7.44. The van der Waals surface area contributed by atoms with Crippen LogP contribution in [0.25, 0.3) is 0 Å². The van der Waals surface area contributed by atoms with Crippen molar-refractivity contribution in [2.24, 2.45) is 0 Å². The maximum absolute atomic E-state index is 10.4. The van der Waals surface area contributed by atoms with Crippen molar-refractivity contribution in [2.75, 3.05) is 6.61 Å². The van der Waals surface area contributed by atoms with Crippen molar-refractivity contribution in [1.29, 1.82) is 0 Å². The van der Waals surface area contributed by atoms with E-state index in [4.69, 9.17) is 10.2 Å². The number of ketones is 1. The molecule has 0 amide bonds. The predicted molar refractivity (Wildman–Crippen MR) is 32.9 cm³/mol. The quantitative estimate of drug-likeness (QED) is 0.505. The zero-order valence-corrected chi connectivity index (χ0v) is 5.29. The van der Waals surface area contributed by atoms with Gasteiger partial charge in [-0.25, -0.2) is 0 Å². The number of Topliss-reactive ketones (excluding diaryl/α,β-unsaturated/α-hetero) is 1. The second-order valence-electron chi connectivity index (χ2n) is 1.78. The molecule has 0 aliphatic rings. The predicted octanol–water partition coefficient (Wildman–Crippen LogP) is -0.515. The second-order valence-corrected chi connectivity index (χ2v) is 1.78. The van der Waals surface area contributed by atoms with Crippen LogP contribution in [0.2, 0.25) is 0 Å². The van der Waals surface area contributed by atoms with Gasteiger partial charge in [-0.15, -0.1) is 0 Å². The third-order valence-corrected chi connectivity index (χ3v) is 1.03. The largest absolute Gasteiger partial charge is 0.393 e. The lowest BCUT2D eigenvalue weighted by atomic mass is 10.1. The van der Waals surface area contributed by atoms with Crippen LogP contribution in [0.5, 0.6) is 0 Å². The highest BCUT2D eigenvalue weighted by Crippen LogP contribution is 1.98. The molecule has 0 heterocycles. The molecule has 0 spiro atoms. The molecule has 0 saturated heterocycles. The van der Waals surface area contributed by atoms with E-state index >= 15 is 0 Å². The van der Waals surface area contributed by atoms with Crippen LogP contribution in [0.1, 0.15) is 6.92 Å². The van der Waals surface area contributed by atoms with Gasteiger partial charge >= 0.3 is 0 Å². The lowest BCUT2D eigenvalue weighted by molar-refractivity contribution is -0.114. The van der Waals surface area contributed by atoms with E-state index < -0.39 is 12.7 Å². The van der Waals surface area contributed by atoms with Crippen LogP contribution in [-0.4, -0.2) is 28.7 Å². The Morgan fingerprint density at radius 2 is 2.22 bits per heavy atom. The molecule has 9 heavy (non-hydrogen) atoms. The van der Waals surface area contributed by atoms with E-state index in [-0.39, 0.29) is 11.4 Å². The Morgan fingerprint density at radius 3 is 2.33 bits per heavy atom. The van der Waals surface area contributed by atoms with Crippen molar-refractivity contribution >= 4 is 5.78 Å². The number of rotatable bonds is 3. The van der Waals surface area contributed by atoms with Crippen LogP contribution < -0.4 is 0 Å². The molecule has 0 saturated carbocycles. The van der Waals surface area contributed by atoms with Gasteiger partial charge < -0.3 is 10.2 Å². The molecule has 1 unspecified atom stereocenters. The van der Waals surface area contributed by atoms with Crippen LogP contribution in [0.4, 0.5) is 0 Å². The molecule has 0 aliphatic carbocycles. The van der Waals surface area contributed by atoms with Crippen LogP contribution in [-0.2, 0) is 4.79 Å². The fourth-order valence-electron chi connectivity index (χ4n) is 0.345. The van der Waals surface area contributed by atoms with Crippen LogP contribution >= 0.6 is 0 Å². The van der Waals surface area contributed by atoms with Crippen molar-refractivity contribution < 1.29 is 15.0 Å². The van der Waals surface area contributed by atoms with E-state index in [0.717, 1.165) is 0 Å². The molecule has 3 heteroatoms. The Hall–Kier alpha value is -0.670. The van der Waals surface area contributed by atoms with Crippen LogP contribution in [0.3, 0.4) is 0 Å². The molecule has 0 aromatic heterocycles. The highest BCUT2D eigenvalue weighted by atomic mass is 16.3. The number of carbonyl (C=O) groups is 1. The number of aliphatic hydroxyl groups excluding tert-OH is 2. The average molecular weight is 130 g/mol. The Morgan fingerprint density at radius 1 is 1.78 bits per heavy atom. The van der Waals surface area contributed by atoms with Crippen molar-refractivity contribution in [3.05, 3.63) is 12.2 Å². The Kier molecular flexibility index (Phi) is 3.12. The minimum absolute atomic E-state index is 0.0532. The van der Waals surface area contributed by atoms with Crippen molar-refractivity contribution in [3.8, 4) is 0 Å². The molecule has 0 rings (SSSR count). The molecule has 1 atom stereocenters. The summed E-state index contributed by atoms with van der Waals surface area (Å²) in [6, 6.07) is 0. The van der Waals surface area contributed by atoms with Gasteiger partial charge in [0, 0.05) is 5.57 Å². The first-order valence-corrected chi connectivity index (χ1v) is 2.58.